The van der Waals surface area contributed by atoms with Crippen molar-refractivity contribution >= 4 is 15.7 Å². The number of rotatable bonds is 8. The molecule has 0 aliphatic carbocycles. The highest BCUT2D eigenvalue weighted by atomic mass is 32.2. The zero-order valence-electron chi connectivity index (χ0n) is 15.9. The maximum absolute atomic E-state index is 12.5. The monoisotopic (exact) mass is 391 g/mol. The van der Waals surface area contributed by atoms with Crippen molar-refractivity contribution in [1.29, 1.82) is 0 Å². The molecule has 0 bridgehead atoms. The molecule has 0 aromatic heterocycles. The zero-order valence-corrected chi connectivity index (χ0v) is 16.7. The van der Waals surface area contributed by atoms with Crippen molar-refractivity contribution in [2.24, 2.45) is 0 Å². The van der Waals surface area contributed by atoms with Crippen molar-refractivity contribution in [2.75, 3.05) is 13.4 Å². The van der Waals surface area contributed by atoms with Gasteiger partial charge in [0, 0.05) is 12.3 Å². The van der Waals surface area contributed by atoms with Gasteiger partial charge in [0.1, 0.15) is 11.5 Å². The van der Waals surface area contributed by atoms with Crippen molar-refractivity contribution in [1.82, 2.24) is 5.32 Å². The van der Waals surface area contributed by atoms with Crippen LogP contribution in [0.5, 0.6) is 11.5 Å². The Hall–Kier alpha value is -2.54. The molecule has 2 aromatic carbocycles. The summed E-state index contributed by atoms with van der Waals surface area (Å²) in [4.78, 5) is 12.8. The quantitative estimate of drug-likeness (QED) is 0.748. The Morgan fingerprint density at radius 3 is 2.30 bits per heavy atom. The first kappa shape index (κ1) is 20.8. The number of benzene rings is 2. The number of hydrogen-bond acceptors (Lipinski definition) is 5. The molecule has 2 atom stereocenters. The van der Waals surface area contributed by atoms with E-state index >= 15 is 0 Å². The van der Waals surface area contributed by atoms with E-state index in [2.05, 4.69) is 5.32 Å². The maximum atomic E-state index is 12.5. The van der Waals surface area contributed by atoms with Gasteiger partial charge in [0.05, 0.1) is 18.0 Å². The third-order valence-electron chi connectivity index (χ3n) is 4.16. The first-order valence-corrected chi connectivity index (χ1v) is 10.5. The van der Waals surface area contributed by atoms with E-state index in [9.17, 15) is 13.2 Å². The molecule has 2 aromatic rings. The van der Waals surface area contributed by atoms with Gasteiger partial charge in [-0.15, -0.1) is 0 Å². The number of amides is 1. The van der Waals surface area contributed by atoms with Crippen LogP contribution in [0.2, 0.25) is 0 Å². The molecule has 0 saturated heterocycles. The topological polar surface area (TPSA) is 81.7 Å². The minimum atomic E-state index is -3.25. The summed E-state index contributed by atoms with van der Waals surface area (Å²) in [5.41, 5.74) is 0.840. The molecule has 27 heavy (non-hydrogen) atoms. The van der Waals surface area contributed by atoms with Gasteiger partial charge in [0.2, 0.25) is 0 Å². The third-order valence-corrected chi connectivity index (χ3v) is 5.29. The molecule has 0 aliphatic rings. The van der Waals surface area contributed by atoms with Gasteiger partial charge >= 0.3 is 0 Å². The Labute approximate surface area is 160 Å². The van der Waals surface area contributed by atoms with E-state index in [1.54, 1.807) is 62.6 Å². The molecule has 0 aliphatic heterocycles. The fourth-order valence-electron chi connectivity index (χ4n) is 2.59. The van der Waals surface area contributed by atoms with Crippen LogP contribution in [-0.2, 0) is 14.6 Å². The number of carbonyl (C=O) groups is 1. The van der Waals surface area contributed by atoms with E-state index in [0.29, 0.717) is 17.9 Å². The zero-order chi connectivity index (χ0) is 20.0. The molecule has 0 heterocycles. The molecule has 2 rings (SSSR count). The highest BCUT2D eigenvalue weighted by Gasteiger charge is 2.20. The number of carbonyl (C=O) groups excluding carboxylic acids is 1. The van der Waals surface area contributed by atoms with Crippen LogP contribution in [0.25, 0.3) is 0 Å². The van der Waals surface area contributed by atoms with Crippen LogP contribution in [0.1, 0.15) is 31.9 Å². The molecule has 6 nitrogen and oxygen atoms in total. The van der Waals surface area contributed by atoms with E-state index < -0.39 is 15.9 Å². The van der Waals surface area contributed by atoms with Gasteiger partial charge in [-0.1, -0.05) is 25.1 Å². The molecule has 0 saturated carbocycles. The smallest absolute Gasteiger partial charge is 0.261 e. The molecule has 1 amide bonds. The Kier molecular flexibility index (Phi) is 6.85. The molecular formula is C20H25NO5S. The van der Waals surface area contributed by atoms with Crippen LogP contribution in [0.3, 0.4) is 0 Å². The van der Waals surface area contributed by atoms with Crippen LogP contribution in [-0.4, -0.2) is 33.8 Å². The predicted molar refractivity (Wildman–Crippen MR) is 104 cm³/mol. The van der Waals surface area contributed by atoms with E-state index in [0.717, 1.165) is 5.56 Å². The second-order valence-corrected chi connectivity index (χ2v) is 8.27. The van der Waals surface area contributed by atoms with Crippen molar-refractivity contribution in [2.45, 2.75) is 37.3 Å². The van der Waals surface area contributed by atoms with Gasteiger partial charge < -0.3 is 14.8 Å². The van der Waals surface area contributed by atoms with Crippen molar-refractivity contribution < 1.29 is 22.7 Å². The summed E-state index contributed by atoms with van der Waals surface area (Å²) in [5.74, 6) is 0.942. The number of sulfone groups is 1. The van der Waals surface area contributed by atoms with Gasteiger partial charge in [-0.3, -0.25) is 4.79 Å². The van der Waals surface area contributed by atoms with Crippen LogP contribution >= 0.6 is 0 Å². The van der Waals surface area contributed by atoms with Crippen LogP contribution in [0, 0.1) is 0 Å². The second kappa shape index (κ2) is 8.90. The fourth-order valence-corrected chi connectivity index (χ4v) is 3.22. The summed E-state index contributed by atoms with van der Waals surface area (Å²) in [6.07, 6.45) is 1.13. The first-order chi connectivity index (χ1) is 12.7. The average molecular weight is 391 g/mol. The summed E-state index contributed by atoms with van der Waals surface area (Å²) in [6.45, 7) is 3.62. The number of ether oxygens (including phenoxy) is 2. The van der Waals surface area contributed by atoms with Gasteiger partial charge in [-0.2, -0.15) is 0 Å². The van der Waals surface area contributed by atoms with Gasteiger partial charge in [-0.05, 0) is 43.2 Å². The maximum Gasteiger partial charge on any atom is 0.261 e. The highest BCUT2D eigenvalue weighted by molar-refractivity contribution is 7.90. The van der Waals surface area contributed by atoms with Crippen molar-refractivity contribution in [3.05, 3.63) is 54.1 Å². The minimum Gasteiger partial charge on any atom is -0.497 e. The Morgan fingerprint density at radius 1 is 1.11 bits per heavy atom. The number of nitrogens with one attached hydrogen (secondary N) is 1. The lowest BCUT2D eigenvalue weighted by molar-refractivity contribution is -0.128. The lowest BCUT2D eigenvalue weighted by Crippen LogP contribution is -2.38. The first-order valence-electron chi connectivity index (χ1n) is 8.65. The summed E-state index contributed by atoms with van der Waals surface area (Å²) >= 11 is 0. The molecule has 146 valence electrons. The van der Waals surface area contributed by atoms with E-state index in [4.69, 9.17) is 9.47 Å². The van der Waals surface area contributed by atoms with E-state index in [-0.39, 0.29) is 16.8 Å². The van der Waals surface area contributed by atoms with Crippen LogP contribution in [0.15, 0.2) is 53.4 Å². The highest BCUT2D eigenvalue weighted by Crippen LogP contribution is 2.22. The van der Waals surface area contributed by atoms with E-state index in [1.807, 2.05) is 6.92 Å². The normalized spacial score (nSPS) is 13.5. The van der Waals surface area contributed by atoms with Crippen molar-refractivity contribution in [3.8, 4) is 11.5 Å². The van der Waals surface area contributed by atoms with Crippen LogP contribution < -0.4 is 14.8 Å². The molecule has 7 heteroatoms. The standard InChI is InChI=1S/C20H25NO5S/c1-5-19(15-9-11-18(12-10-15)27(4,23)24)21-20(22)14(2)26-17-8-6-7-16(13-17)25-3/h6-14,19H,5H2,1-4H3,(H,21,22)/t14-,19-/m1/s1. The third kappa shape index (κ3) is 5.72. The lowest BCUT2D eigenvalue weighted by Gasteiger charge is -2.21. The predicted octanol–water partition coefficient (Wildman–Crippen LogP) is 3.13. The number of methoxy groups -OCH3 is 1. The van der Waals surface area contributed by atoms with Crippen molar-refractivity contribution in [3.63, 3.8) is 0 Å². The minimum absolute atomic E-state index is 0.234. The molecule has 0 unspecified atom stereocenters. The van der Waals surface area contributed by atoms with Gasteiger partial charge in [0.25, 0.3) is 5.91 Å². The van der Waals surface area contributed by atoms with Gasteiger partial charge in [0.15, 0.2) is 15.9 Å². The van der Waals surface area contributed by atoms with Gasteiger partial charge in [-0.25, -0.2) is 8.42 Å². The molecule has 1 N–H and O–H groups in total. The largest absolute Gasteiger partial charge is 0.497 e. The SMILES string of the molecule is CC[C@@H](NC(=O)[C@@H](C)Oc1cccc(OC)c1)c1ccc(S(C)(=O)=O)cc1. The van der Waals surface area contributed by atoms with Crippen LogP contribution in [0.4, 0.5) is 0 Å². The summed E-state index contributed by atoms with van der Waals surface area (Å²) in [7, 11) is -1.68. The summed E-state index contributed by atoms with van der Waals surface area (Å²) in [6, 6.07) is 13.4. The fraction of sp³-hybridized carbons (Fsp3) is 0.350. The Morgan fingerprint density at radius 2 is 1.74 bits per heavy atom. The summed E-state index contributed by atoms with van der Waals surface area (Å²) < 4.78 is 34.0. The number of hydrogen-bond donors (Lipinski definition) is 1. The molecule has 0 radical (unpaired) electrons. The Bertz CT molecular complexity index is 878. The molecular weight excluding hydrogens is 366 g/mol. The molecule has 0 fully saturated rings. The summed E-state index contributed by atoms with van der Waals surface area (Å²) in [5, 5.41) is 2.95. The second-order valence-electron chi connectivity index (χ2n) is 6.25. The average Bonchev–Trinajstić information content (AvgIpc) is 2.65. The Balaban J connectivity index is 2.05. The lowest BCUT2D eigenvalue weighted by atomic mass is 10.0. The van der Waals surface area contributed by atoms with E-state index in [1.165, 1.54) is 6.26 Å². The molecule has 0 spiro atoms.